The summed E-state index contributed by atoms with van der Waals surface area (Å²) >= 11 is 1.85. The molecule has 0 amide bonds. The lowest BCUT2D eigenvalue weighted by Gasteiger charge is -2.34. The molecule has 0 spiro atoms. The van der Waals surface area contributed by atoms with E-state index in [0.717, 1.165) is 16.7 Å². The minimum Gasteiger partial charge on any atom is -0.208 e. The zero-order chi connectivity index (χ0) is 41.5. The minimum absolute atomic E-state index is 0.362. The van der Waals surface area contributed by atoms with Gasteiger partial charge in [0.05, 0.1) is 5.41 Å². The number of benzene rings is 9. The van der Waals surface area contributed by atoms with E-state index in [-0.39, 0.29) is 0 Å². The quantitative estimate of drug-likeness (QED) is 0.161. The summed E-state index contributed by atoms with van der Waals surface area (Å²) < 4.78 is 2.60. The summed E-state index contributed by atoms with van der Waals surface area (Å²) in [6.45, 7) is 0. The zero-order valence-electron chi connectivity index (χ0n) is 34.1. The van der Waals surface area contributed by atoms with Crippen LogP contribution in [0.1, 0.15) is 44.9 Å². The lowest BCUT2D eigenvalue weighted by atomic mass is 9.67. The van der Waals surface area contributed by atoms with Crippen LogP contribution in [-0.2, 0) is 5.41 Å². The van der Waals surface area contributed by atoms with E-state index in [1.807, 2.05) is 11.3 Å². The number of hydrogen-bond acceptors (Lipinski definition) is 4. The number of nitrogens with zero attached hydrogens (tertiary/aromatic N) is 3. The summed E-state index contributed by atoms with van der Waals surface area (Å²) in [7, 11) is 0. The summed E-state index contributed by atoms with van der Waals surface area (Å²) in [5.74, 6) is 2.29. The van der Waals surface area contributed by atoms with Crippen LogP contribution in [0.15, 0.2) is 218 Å². The molecular formula is C59H37N3S. The van der Waals surface area contributed by atoms with Gasteiger partial charge in [-0.3, -0.25) is 0 Å². The first-order valence-corrected chi connectivity index (χ1v) is 22.4. The van der Waals surface area contributed by atoms with Crippen molar-refractivity contribution in [1.29, 1.82) is 0 Å². The second-order valence-electron chi connectivity index (χ2n) is 16.6. The first-order valence-electron chi connectivity index (χ1n) is 21.5. The van der Waals surface area contributed by atoms with E-state index < -0.39 is 5.41 Å². The van der Waals surface area contributed by atoms with Gasteiger partial charge in [0, 0.05) is 42.8 Å². The van der Waals surface area contributed by atoms with E-state index in [9.17, 15) is 0 Å². The second kappa shape index (κ2) is 14.1. The van der Waals surface area contributed by atoms with E-state index >= 15 is 0 Å². The maximum Gasteiger partial charge on any atom is 0.164 e. The Morgan fingerprint density at radius 3 is 1.57 bits per heavy atom. The van der Waals surface area contributed by atoms with Crippen LogP contribution >= 0.6 is 11.3 Å². The predicted molar refractivity (Wildman–Crippen MR) is 259 cm³/mol. The van der Waals surface area contributed by atoms with Crippen LogP contribution in [0.25, 0.3) is 76.6 Å². The van der Waals surface area contributed by atoms with Crippen molar-refractivity contribution in [2.75, 3.05) is 0 Å². The molecule has 0 unspecified atom stereocenters. The summed E-state index contributed by atoms with van der Waals surface area (Å²) in [6.07, 6.45) is 0. The van der Waals surface area contributed by atoms with E-state index in [4.69, 9.17) is 15.0 Å². The number of hydrogen-bond donors (Lipinski definition) is 0. The third-order valence-corrected chi connectivity index (χ3v) is 14.5. The molecule has 0 N–H and O–H groups in total. The average Bonchev–Trinajstić information content (AvgIpc) is 3.85. The summed E-state index contributed by atoms with van der Waals surface area (Å²) in [6, 6.07) is 79.0. The largest absolute Gasteiger partial charge is 0.208 e. The molecule has 63 heavy (non-hydrogen) atoms. The van der Waals surface area contributed by atoms with Crippen molar-refractivity contribution in [1.82, 2.24) is 15.0 Å². The van der Waals surface area contributed by atoms with Crippen LogP contribution in [0.5, 0.6) is 0 Å². The van der Waals surface area contributed by atoms with Crippen LogP contribution in [0.3, 0.4) is 0 Å². The topological polar surface area (TPSA) is 38.7 Å². The molecule has 11 aromatic rings. The number of thiophene rings is 1. The highest BCUT2D eigenvalue weighted by Gasteiger charge is 2.46. The Balaban J connectivity index is 0.966. The van der Waals surface area contributed by atoms with Gasteiger partial charge in [-0.05, 0) is 73.3 Å². The molecule has 2 heterocycles. The molecule has 13 rings (SSSR count). The number of rotatable bonds is 7. The van der Waals surface area contributed by atoms with Gasteiger partial charge in [-0.25, -0.2) is 15.0 Å². The second-order valence-corrected chi connectivity index (χ2v) is 17.7. The van der Waals surface area contributed by atoms with Crippen molar-refractivity contribution in [2.45, 2.75) is 11.3 Å². The normalized spacial score (nSPS) is 13.5. The first kappa shape index (κ1) is 35.9. The minimum atomic E-state index is -0.535. The smallest absolute Gasteiger partial charge is 0.164 e. The third-order valence-electron chi connectivity index (χ3n) is 13.2. The van der Waals surface area contributed by atoms with Gasteiger partial charge in [-0.15, -0.1) is 11.3 Å². The fourth-order valence-corrected chi connectivity index (χ4v) is 11.5. The Labute approximate surface area is 369 Å². The van der Waals surface area contributed by atoms with Crippen LogP contribution in [-0.4, -0.2) is 15.0 Å². The molecule has 2 aliphatic rings. The van der Waals surface area contributed by atoms with Gasteiger partial charge in [-0.1, -0.05) is 206 Å². The van der Waals surface area contributed by atoms with Crippen LogP contribution in [0.4, 0.5) is 0 Å². The molecule has 0 radical (unpaired) electrons. The molecule has 0 saturated carbocycles. The first-order chi connectivity index (χ1) is 31.2. The molecule has 0 atom stereocenters. The van der Waals surface area contributed by atoms with E-state index in [0.29, 0.717) is 23.4 Å². The Kier molecular flexibility index (Phi) is 8.06. The molecule has 9 aromatic carbocycles. The van der Waals surface area contributed by atoms with Gasteiger partial charge >= 0.3 is 0 Å². The summed E-state index contributed by atoms with van der Waals surface area (Å²) in [5, 5.41) is 2.60. The van der Waals surface area contributed by atoms with Crippen molar-refractivity contribution >= 4 is 31.5 Å². The Morgan fingerprint density at radius 1 is 0.365 bits per heavy atom. The molecule has 0 saturated heterocycles. The predicted octanol–water partition coefficient (Wildman–Crippen LogP) is 14.8. The molecule has 4 heteroatoms. The highest BCUT2D eigenvalue weighted by molar-refractivity contribution is 7.26. The summed E-state index contributed by atoms with van der Waals surface area (Å²) in [4.78, 5) is 15.8. The van der Waals surface area contributed by atoms with Crippen molar-refractivity contribution in [3.05, 3.63) is 257 Å². The molecule has 3 nitrogen and oxygen atoms in total. The van der Waals surface area contributed by atoms with Gasteiger partial charge in [0.2, 0.25) is 0 Å². The molecule has 294 valence electrons. The zero-order valence-corrected chi connectivity index (χ0v) is 34.9. The van der Waals surface area contributed by atoms with Crippen molar-refractivity contribution in [3.63, 3.8) is 0 Å². The third kappa shape index (κ3) is 5.62. The van der Waals surface area contributed by atoms with Gasteiger partial charge in [0.1, 0.15) is 0 Å². The summed E-state index contributed by atoms with van der Waals surface area (Å²) in [5.41, 5.74) is 16.2. The Hall–Kier alpha value is -7.79. The van der Waals surface area contributed by atoms with E-state index in [1.54, 1.807) is 0 Å². The molecular weight excluding hydrogens is 783 g/mol. The molecule has 0 fully saturated rings. The van der Waals surface area contributed by atoms with Crippen molar-refractivity contribution in [3.8, 4) is 56.4 Å². The molecule has 0 bridgehead atoms. The fourth-order valence-electron chi connectivity index (χ4n) is 10.3. The van der Waals surface area contributed by atoms with Gasteiger partial charge in [0.15, 0.2) is 17.5 Å². The maximum atomic E-state index is 5.31. The van der Waals surface area contributed by atoms with Gasteiger partial charge in [0.25, 0.3) is 0 Å². The Morgan fingerprint density at radius 2 is 0.873 bits per heavy atom. The highest BCUT2D eigenvalue weighted by Crippen LogP contribution is 2.56. The molecule has 0 aliphatic heterocycles. The van der Waals surface area contributed by atoms with Gasteiger partial charge in [-0.2, -0.15) is 0 Å². The van der Waals surface area contributed by atoms with Crippen LogP contribution in [0.2, 0.25) is 0 Å². The maximum absolute atomic E-state index is 5.31. The standard InChI is InChI=1S/C59H37N3S/c1-3-14-42(15-4-1)59(43-16-5-2-6-17-43)51-24-11-9-18-45(51)46-35-34-41(36-52(46)59)58-61-56(60-57(62-58)40-32-28-38(29-33-40)54-48-20-7-8-21-49(48)54)39-30-26-37(27-31-39)44-22-13-23-50-47-19-10-12-25-53(47)63-55(44)50/h1-36,54H. The molecule has 2 aliphatic carbocycles. The number of aromatic nitrogens is 3. The van der Waals surface area contributed by atoms with E-state index in [1.165, 1.54) is 81.4 Å². The lowest BCUT2D eigenvalue weighted by molar-refractivity contribution is 0.768. The highest BCUT2D eigenvalue weighted by atomic mass is 32.1. The SMILES string of the molecule is c1ccc(C2(c3ccccc3)c3ccccc3-c3ccc(-c4nc(-c5ccc(-c6cccc7c6sc6ccccc67)cc5)nc(-c5ccc(C6c7ccccc76)cc5)n4)cc32)cc1. The van der Waals surface area contributed by atoms with Crippen LogP contribution in [0, 0.1) is 0 Å². The lowest BCUT2D eigenvalue weighted by Crippen LogP contribution is -2.28. The van der Waals surface area contributed by atoms with Crippen LogP contribution < -0.4 is 0 Å². The molecule has 2 aromatic heterocycles. The van der Waals surface area contributed by atoms with Crippen molar-refractivity contribution in [2.24, 2.45) is 0 Å². The monoisotopic (exact) mass is 819 g/mol. The average molecular weight is 820 g/mol. The Bertz CT molecular complexity index is 3490. The van der Waals surface area contributed by atoms with E-state index in [2.05, 4.69) is 218 Å². The fraction of sp³-hybridized carbons (Fsp3) is 0.0339. The number of fused-ring (bicyclic) bond motifs is 7. The van der Waals surface area contributed by atoms with Crippen molar-refractivity contribution < 1.29 is 0 Å². The van der Waals surface area contributed by atoms with Gasteiger partial charge < -0.3 is 0 Å².